The van der Waals surface area contributed by atoms with Crippen LogP contribution in [0.4, 0.5) is 0 Å². The number of aryl methyl sites for hydroxylation is 1. The minimum atomic E-state index is 0.0763. The molecule has 4 heteroatoms. The van der Waals surface area contributed by atoms with E-state index in [4.69, 9.17) is 0 Å². The molecule has 1 N–H and O–H groups in total. The van der Waals surface area contributed by atoms with Crippen molar-refractivity contribution in [3.8, 4) is 0 Å². The van der Waals surface area contributed by atoms with Gasteiger partial charge >= 0.3 is 0 Å². The summed E-state index contributed by atoms with van der Waals surface area (Å²) in [6.07, 6.45) is 2.12. The Morgan fingerprint density at radius 2 is 2.44 bits per heavy atom. The van der Waals surface area contributed by atoms with Crippen molar-refractivity contribution in [2.24, 2.45) is 0 Å². The smallest absolute Gasteiger partial charge is 0.237 e. The molecular formula is C12H18N2OS. The minimum absolute atomic E-state index is 0.0763. The molecule has 0 aromatic carbocycles. The topological polar surface area (TPSA) is 32.3 Å². The molecule has 1 fully saturated rings. The molecule has 1 aliphatic heterocycles. The fourth-order valence-electron chi connectivity index (χ4n) is 2.25. The highest BCUT2D eigenvalue weighted by Crippen LogP contribution is 2.23. The Balaban J connectivity index is 2.01. The number of likely N-dealkylation sites (N-methyl/N-ethyl adjacent to an activating group) is 1. The summed E-state index contributed by atoms with van der Waals surface area (Å²) in [5.41, 5.74) is 0. The third-order valence-electron chi connectivity index (χ3n) is 3.07. The number of carbonyl (C=O) groups is 1. The Kier molecular flexibility index (Phi) is 3.61. The summed E-state index contributed by atoms with van der Waals surface area (Å²) in [6, 6.07) is 4.39. The molecule has 1 unspecified atom stereocenters. The monoisotopic (exact) mass is 238 g/mol. The molecule has 0 saturated carbocycles. The molecule has 3 nitrogen and oxygen atoms in total. The third kappa shape index (κ3) is 2.44. The quantitative estimate of drug-likeness (QED) is 0.870. The highest BCUT2D eigenvalue weighted by Gasteiger charge is 2.29. The van der Waals surface area contributed by atoms with Gasteiger partial charge in [-0.1, -0.05) is 0 Å². The molecule has 1 aromatic heterocycles. The van der Waals surface area contributed by atoms with Gasteiger partial charge in [0, 0.05) is 23.3 Å². The van der Waals surface area contributed by atoms with Gasteiger partial charge in [-0.25, -0.2) is 0 Å². The second-order valence-electron chi connectivity index (χ2n) is 4.26. The maximum Gasteiger partial charge on any atom is 0.237 e. The molecule has 1 atom stereocenters. The van der Waals surface area contributed by atoms with Gasteiger partial charge in [0.1, 0.15) is 0 Å². The SMILES string of the molecule is CNC(=O)C1CCCN1Cc1ccc(C)s1. The number of thiophene rings is 1. The van der Waals surface area contributed by atoms with Crippen molar-refractivity contribution in [2.45, 2.75) is 32.4 Å². The lowest BCUT2D eigenvalue weighted by atomic mass is 10.2. The first-order valence-electron chi connectivity index (χ1n) is 5.71. The molecule has 0 aliphatic carbocycles. The number of rotatable bonds is 3. The molecule has 2 rings (SSSR count). The lowest BCUT2D eigenvalue weighted by Gasteiger charge is -2.22. The summed E-state index contributed by atoms with van der Waals surface area (Å²) in [4.78, 5) is 16.6. The zero-order valence-corrected chi connectivity index (χ0v) is 10.6. The van der Waals surface area contributed by atoms with Crippen LogP contribution in [0.15, 0.2) is 12.1 Å². The van der Waals surface area contributed by atoms with E-state index in [1.54, 1.807) is 7.05 Å². The normalized spacial score (nSPS) is 21.2. The van der Waals surface area contributed by atoms with Gasteiger partial charge in [0.25, 0.3) is 0 Å². The van der Waals surface area contributed by atoms with Crippen LogP contribution in [0.3, 0.4) is 0 Å². The minimum Gasteiger partial charge on any atom is -0.358 e. The van der Waals surface area contributed by atoms with E-state index in [9.17, 15) is 4.79 Å². The second kappa shape index (κ2) is 4.97. The Hall–Kier alpha value is -0.870. The first-order valence-corrected chi connectivity index (χ1v) is 6.53. The number of hydrogen-bond donors (Lipinski definition) is 1. The molecule has 1 saturated heterocycles. The van der Waals surface area contributed by atoms with Crippen LogP contribution in [0, 0.1) is 6.92 Å². The number of amides is 1. The molecule has 1 aromatic rings. The first-order chi connectivity index (χ1) is 7.70. The van der Waals surface area contributed by atoms with Gasteiger partial charge in [0.2, 0.25) is 5.91 Å². The number of nitrogens with one attached hydrogen (secondary N) is 1. The summed E-state index contributed by atoms with van der Waals surface area (Å²) in [5.74, 6) is 0.158. The van der Waals surface area contributed by atoms with Crippen LogP contribution < -0.4 is 5.32 Å². The van der Waals surface area contributed by atoms with Gasteiger partial charge < -0.3 is 5.32 Å². The largest absolute Gasteiger partial charge is 0.358 e. The van der Waals surface area contributed by atoms with Crippen LogP contribution in [-0.2, 0) is 11.3 Å². The predicted molar refractivity (Wildman–Crippen MR) is 66.6 cm³/mol. The van der Waals surface area contributed by atoms with Gasteiger partial charge in [-0.05, 0) is 38.4 Å². The van der Waals surface area contributed by atoms with E-state index >= 15 is 0 Å². The van der Waals surface area contributed by atoms with Gasteiger partial charge in [-0.3, -0.25) is 9.69 Å². The summed E-state index contributed by atoms with van der Waals surface area (Å²) >= 11 is 1.82. The average molecular weight is 238 g/mol. The van der Waals surface area contributed by atoms with Crippen molar-refractivity contribution in [1.82, 2.24) is 10.2 Å². The number of likely N-dealkylation sites (tertiary alicyclic amines) is 1. The van der Waals surface area contributed by atoms with E-state index in [1.807, 2.05) is 11.3 Å². The maximum absolute atomic E-state index is 11.7. The van der Waals surface area contributed by atoms with E-state index in [2.05, 4.69) is 29.3 Å². The third-order valence-corrected chi connectivity index (χ3v) is 4.05. The number of hydrogen-bond acceptors (Lipinski definition) is 3. The van der Waals surface area contributed by atoms with Crippen molar-refractivity contribution >= 4 is 17.2 Å². The second-order valence-corrected chi connectivity index (χ2v) is 5.63. The summed E-state index contributed by atoms with van der Waals surface area (Å²) in [5, 5.41) is 2.75. The lowest BCUT2D eigenvalue weighted by molar-refractivity contribution is -0.125. The number of carbonyl (C=O) groups excluding carboxylic acids is 1. The Bertz CT molecular complexity index is 375. The van der Waals surface area contributed by atoms with E-state index in [0.717, 1.165) is 25.9 Å². The van der Waals surface area contributed by atoms with E-state index in [0.29, 0.717) is 0 Å². The predicted octanol–water partition coefficient (Wildman–Crippen LogP) is 1.77. The van der Waals surface area contributed by atoms with Crippen LogP contribution in [0.5, 0.6) is 0 Å². The standard InChI is InChI=1S/C12H18N2OS/c1-9-5-6-10(16-9)8-14-7-3-4-11(14)12(15)13-2/h5-6,11H,3-4,7-8H2,1-2H3,(H,13,15). The van der Waals surface area contributed by atoms with Crippen molar-refractivity contribution in [1.29, 1.82) is 0 Å². The first kappa shape index (κ1) is 11.6. The number of nitrogens with zero attached hydrogens (tertiary/aromatic N) is 1. The zero-order chi connectivity index (χ0) is 11.5. The van der Waals surface area contributed by atoms with E-state index < -0.39 is 0 Å². The molecular weight excluding hydrogens is 220 g/mol. The molecule has 2 heterocycles. The van der Waals surface area contributed by atoms with Crippen molar-refractivity contribution in [2.75, 3.05) is 13.6 Å². The molecule has 1 aliphatic rings. The van der Waals surface area contributed by atoms with Crippen molar-refractivity contribution < 1.29 is 4.79 Å². The molecule has 0 spiro atoms. The van der Waals surface area contributed by atoms with Gasteiger partial charge in [0.05, 0.1) is 6.04 Å². The highest BCUT2D eigenvalue weighted by atomic mass is 32.1. The highest BCUT2D eigenvalue weighted by molar-refractivity contribution is 7.11. The summed E-state index contributed by atoms with van der Waals surface area (Å²) in [6.45, 7) is 4.07. The van der Waals surface area contributed by atoms with Gasteiger partial charge in [0.15, 0.2) is 0 Å². The van der Waals surface area contributed by atoms with Crippen LogP contribution in [0.25, 0.3) is 0 Å². The van der Waals surface area contributed by atoms with Crippen molar-refractivity contribution in [3.05, 3.63) is 21.9 Å². The zero-order valence-electron chi connectivity index (χ0n) is 9.82. The molecule has 16 heavy (non-hydrogen) atoms. The van der Waals surface area contributed by atoms with Crippen LogP contribution >= 0.6 is 11.3 Å². The molecule has 0 bridgehead atoms. The van der Waals surface area contributed by atoms with Crippen LogP contribution in [0.2, 0.25) is 0 Å². The van der Waals surface area contributed by atoms with Gasteiger partial charge in [-0.15, -0.1) is 11.3 Å². The van der Waals surface area contributed by atoms with Gasteiger partial charge in [-0.2, -0.15) is 0 Å². The maximum atomic E-state index is 11.7. The lowest BCUT2D eigenvalue weighted by Crippen LogP contribution is -2.41. The van der Waals surface area contributed by atoms with E-state index in [1.165, 1.54) is 9.75 Å². The molecule has 88 valence electrons. The fraction of sp³-hybridized carbons (Fsp3) is 0.583. The summed E-state index contributed by atoms with van der Waals surface area (Å²) in [7, 11) is 1.72. The van der Waals surface area contributed by atoms with E-state index in [-0.39, 0.29) is 11.9 Å². The molecule has 1 amide bonds. The van der Waals surface area contributed by atoms with Crippen LogP contribution in [-0.4, -0.2) is 30.4 Å². The Morgan fingerprint density at radius 1 is 1.62 bits per heavy atom. The Labute approximate surface area is 100 Å². The van der Waals surface area contributed by atoms with Crippen LogP contribution in [0.1, 0.15) is 22.6 Å². The van der Waals surface area contributed by atoms with Crippen molar-refractivity contribution in [3.63, 3.8) is 0 Å². The average Bonchev–Trinajstić information content (AvgIpc) is 2.87. The fourth-order valence-corrected chi connectivity index (χ4v) is 3.17. The molecule has 0 radical (unpaired) electrons. The summed E-state index contributed by atoms with van der Waals surface area (Å²) < 4.78 is 0. The Morgan fingerprint density at radius 3 is 3.06 bits per heavy atom.